The molecular formula is C13H23F3N2. The largest absolute Gasteiger partial charge is 0.393 e. The fourth-order valence-corrected chi connectivity index (χ4v) is 3.48. The molecule has 3 atom stereocenters. The van der Waals surface area contributed by atoms with Crippen molar-refractivity contribution in [2.45, 2.75) is 38.3 Å². The first kappa shape index (κ1) is 14.1. The summed E-state index contributed by atoms with van der Waals surface area (Å²) in [5.41, 5.74) is 5.73. The maximum Gasteiger partial charge on any atom is 0.393 e. The minimum absolute atomic E-state index is 0.192. The Balaban J connectivity index is 1.86. The number of likely N-dealkylation sites (tertiary alicyclic amines) is 1. The van der Waals surface area contributed by atoms with Crippen LogP contribution in [-0.4, -0.2) is 37.3 Å². The van der Waals surface area contributed by atoms with Gasteiger partial charge in [0.05, 0.1) is 5.92 Å². The van der Waals surface area contributed by atoms with Crippen LogP contribution in [0.5, 0.6) is 0 Å². The molecule has 0 aromatic heterocycles. The average molecular weight is 264 g/mol. The molecule has 1 heterocycles. The molecule has 2 nitrogen and oxygen atoms in total. The summed E-state index contributed by atoms with van der Waals surface area (Å²) in [6.07, 6.45) is 0.409. The monoisotopic (exact) mass is 264 g/mol. The van der Waals surface area contributed by atoms with Gasteiger partial charge in [-0.15, -0.1) is 0 Å². The van der Waals surface area contributed by atoms with Gasteiger partial charge in [-0.05, 0) is 50.6 Å². The zero-order valence-corrected chi connectivity index (χ0v) is 10.8. The molecule has 18 heavy (non-hydrogen) atoms. The van der Waals surface area contributed by atoms with E-state index in [1.54, 1.807) is 0 Å². The molecule has 0 spiro atoms. The van der Waals surface area contributed by atoms with Gasteiger partial charge in [0.25, 0.3) is 0 Å². The minimum atomic E-state index is -4.03. The number of halogens is 3. The number of alkyl halides is 3. The first-order valence-corrected chi connectivity index (χ1v) is 7.00. The predicted molar refractivity (Wildman–Crippen MR) is 65.1 cm³/mol. The van der Waals surface area contributed by atoms with Gasteiger partial charge in [-0.25, -0.2) is 0 Å². The molecular weight excluding hydrogens is 241 g/mol. The SMILES string of the molecule is NCC1CCCC1CN1CCCC(C(F)(F)F)C1. The van der Waals surface area contributed by atoms with Gasteiger partial charge in [-0.1, -0.05) is 6.42 Å². The van der Waals surface area contributed by atoms with Crippen LogP contribution in [0, 0.1) is 17.8 Å². The first-order valence-electron chi connectivity index (χ1n) is 7.00. The van der Waals surface area contributed by atoms with E-state index in [-0.39, 0.29) is 6.54 Å². The molecule has 0 aromatic rings. The first-order chi connectivity index (χ1) is 8.50. The molecule has 1 saturated heterocycles. The van der Waals surface area contributed by atoms with Crippen LogP contribution in [0.1, 0.15) is 32.1 Å². The number of hydrogen-bond acceptors (Lipinski definition) is 2. The standard InChI is InChI=1S/C13H23F3N2/c14-13(15,16)12-5-2-6-18(9-12)8-11-4-1-3-10(11)7-17/h10-12H,1-9,17H2. The highest BCUT2D eigenvalue weighted by Crippen LogP contribution is 2.36. The molecule has 2 N–H and O–H groups in total. The average Bonchev–Trinajstić information content (AvgIpc) is 2.75. The van der Waals surface area contributed by atoms with Gasteiger partial charge in [-0.2, -0.15) is 13.2 Å². The molecule has 2 aliphatic rings. The predicted octanol–water partition coefficient (Wildman–Crippen LogP) is 2.64. The fourth-order valence-electron chi connectivity index (χ4n) is 3.48. The molecule has 1 saturated carbocycles. The van der Waals surface area contributed by atoms with Crippen LogP contribution in [-0.2, 0) is 0 Å². The molecule has 3 unspecified atom stereocenters. The zero-order valence-electron chi connectivity index (χ0n) is 10.8. The van der Waals surface area contributed by atoms with Crippen LogP contribution in [0.2, 0.25) is 0 Å². The van der Waals surface area contributed by atoms with Gasteiger partial charge in [0.15, 0.2) is 0 Å². The summed E-state index contributed by atoms with van der Waals surface area (Å²) in [5, 5.41) is 0. The molecule has 1 aliphatic carbocycles. The van der Waals surface area contributed by atoms with Gasteiger partial charge in [0, 0.05) is 13.1 Å². The van der Waals surface area contributed by atoms with E-state index < -0.39 is 12.1 Å². The van der Waals surface area contributed by atoms with E-state index in [1.165, 1.54) is 6.42 Å². The topological polar surface area (TPSA) is 29.3 Å². The van der Waals surface area contributed by atoms with Crippen LogP contribution >= 0.6 is 0 Å². The lowest BCUT2D eigenvalue weighted by atomic mass is 9.92. The zero-order chi connectivity index (χ0) is 13.2. The van der Waals surface area contributed by atoms with Crippen molar-refractivity contribution in [3.8, 4) is 0 Å². The highest BCUT2D eigenvalue weighted by atomic mass is 19.4. The van der Waals surface area contributed by atoms with E-state index >= 15 is 0 Å². The third-order valence-corrected chi connectivity index (χ3v) is 4.58. The third-order valence-electron chi connectivity index (χ3n) is 4.58. The van der Waals surface area contributed by atoms with Crippen LogP contribution in [0.15, 0.2) is 0 Å². The highest BCUT2D eigenvalue weighted by molar-refractivity contribution is 4.84. The van der Waals surface area contributed by atoms with Gasteiger partial charge >= 0.3 is 6.18 Å². The lowest BCUT2D eigenvalue weighted by Gasteiger charge is -2.36. The molecule has 0 amide bonds. The molecule has 1 aliphatic heterocycles. The van der Waals surface area contributed by atoms with Gasteiger partial charge in [0.2, 0.25) is 0 Å². The Bertz CT molecular complexity index is 267. The quantitative estimate of drug-likeness (QED) is 0.849. The second-order valence-electron chi connectivity index (χ2n) is 5.83. The lowest BCUT2D eigenvalue weighted by Crippen LogP contribution is -2.44. The van der Waals surface area contributed by atoms with E-state index in [4.69, 9.17) is 5.73 Å². The number of nitrogens with zero attached hydrogens (tertiary/aromatic N) is 1. The van der Waals surface area contributed by atoms with Gasteiger partial charge < -0.3 is 10.6 Å². The Hall–Kier alpha value is -0.290. The van der Waals surface area contributed by atoms with Crippen molar-refractivity contribution in [1.29, 1.82) is 0 Å². The summed E-state index contributed by atoms with van der Waals surface area (Å²) < 4.78 is 38.2. The van der Waals surface area contributed by atoms with Crippen LogP contribution in [0.4, 0.5) is 13.2 Å². The number of nitrogens with two attached hydrogens (primary N) is 1. The molecule has 0 aromatic carbocycles. The smallest absolute Gasteiger partial charge is 0.330 e. The van der Waals surface area contributed by atoms with Crippen LogP contribution < -0.4 is 5.73 Å². The van der Waals surface area contributed by atoms with Crippen molar-refractivity contribution >= 4 is 0 Å². The number of piperidine rings is 1. The van der Waals surface area contributed by atoms with Crippen molar-refractivity contribution in [1.82, 2.24) is 4.90 Å². The Morgan fingerprint density at radius 1 is 1.06 bits per heavy atom. The summed E-state index contributed by atoms with van der Waals surface area (Å²) in [6, 6.07) is 0. The van der Waals surface area contributed by atoms with Crippen LogP contribution in [0.3, 0.4) is 0 Å². The van der Waals surface area contributed by atoms with Crippen LogP contribution in [0.25, 0.3) is 0 Å². The molecule has 106 valence electrons. The van der Waals surface area contributed by atoms with Gasteiger partial charge in [0.1, 0.15) is 0 Å². The Kier molecular flexibility index (Phi) is 4.54. The van der Waals surface area contributed by atoms with E-state index in [2.05, 4.69) is 0 Å². The van der Waals surface area contributed by atoms with Crippen molar-refractivity contribution in [2.24, 2.45) is 23.5 Å². The van der Waals surface area contributed by atoms with E-state index in [0.29, 0.717) is 31.2 Å². The second-order valence-corrected chi connectivity index (χ2v) is 5.83. The summed E-state index contributed by atoms with van der Waals surface area (Å²) in [4.78, 5) is 2.01. The summed E-state index contributed by atoms with van der Waals surface area (Å²) in [5.74, 6) is -0.0813. The van der Waals surface area contributed by atoms with E-state index in [0.717, 1.165) is 25.9 Å². The normalized spacial score (nSPS) is 35.0. The summed E-state index contributed by atoms with van der Waals surface area (Å²) >= 11 is 0. The lowest BCUT2D eigenvalue weighted by molar-refractivity contribution is -0.187. The maximum absolute atomic E-state index is 12.7. The summed E-state index contributed by atoms with van der Waals surface area (Å²) in [7, 11) is 0. The Morgan fingerprint density at radius 3 is 2.44 bits per heavy atom. The number of hydrogen-bond donors (Lipinski definition) is 1. The van der Waals surface area contributed by atoms with Crippen molar-refractivity contribution < 1.29 is 13.2 Å². The Morgan fingerprint density at radius 2 is 1.78 bits per heavy atom. The highest BCUT2D eigenvalue weighted by Gasteiger charge is 2.42. The van der Waals surface area contributed by atoms with E-state index in [1.807, 2.05) is 4.90 Å². The molecule has 2 fully saturated rings. The molecule has 2 rings (SSSR count). The maximum atomic E-state index is 12.7. The minimum Gasteiger partial charge on any atom is -0.330 e. The van der Waals surface area contributed by atoms with E-state index in [9.17, 15) is 13.2 Å². The molecule has 0 bridgehead atoms. The van der Waals surface area contributed by atoms with Crippen molar-refractivity contribution in [3.05, 3.63) is 0 Å². The second kappa shape index (κ2) is 5.78. The van der Waals surface area contributed by atoms with Crippen molar-refractivity contribution in [2.75, 3.05) is 26.2 Å². The third kappa shape index (κ3) is 3.38. The fraction of sp³-hybridized carbons (Fsp3) is 1.00. The van der Waals surface area contributed by atoms with Crippen molar-refractivity contribution in [3.63, 3.8) is 0 Å². The molecule has 5 heteroatoms. The number of rotatable bonds is 3. The Labute approximate surface area is 107 Å². The summed E-state index contributed by atoms with van der Waals surface area (Å²) in [6.45, 7) is 2.51. The van der Waals surface area contributed by atoms with Gasteiger partial charge in [-0.3, -0.25) is 0 Å². The molecule has 0 radical (unpaired) electrons.